The van der Waals surface area contributed by atoms with Crippen LogP contribution in [-0.2, 0) is 0 Å². The van der Waals surface area contributed by atoms with Gasteiger partial charge >= 0.3 is 0 Å². The summed E-state index contributed by atoms with van der Waals surface area (Å²) in [5.41, 5.74) is 1.31. The molecule has 0 bridgehead atoms. The van der Waals surface area contributed by atoms with Gasteiger partial charge in [-0.2, -0.15) is 0 Å². The molecule has 2 heteroatoms. The lowest BCUT2D eigenvalue weighted by atomic mass is 10.0. The summed E-state index contributed by atoms with van der Waals surface area (Å²) in [6, 6.07) is 5.41. The Hall–Kier alpha value is -0.890. The highest BCUT2D eigenvalue weighted by atomic mass is 15.0. The molecule has 2 saturated carbocycles. The van der Waals surface area contributed by atoms with E-state index in [1.165, 1.54) is 31.2 Å². The van der Waals surface area contributed by atoms with Crippen LogP contribution in [0.25, 0.3) is 0 Å². The molecule has 0 aromatic carbocycles. The van der Waals surface area contributed by atoms with E-state index in [2.05, 4.69) is 23.3 Å². The zero-order chi connectivity index (χ0) is 11.0. The minimum Gasteiger partial charge on any atom is -0.307 e. The Morgan fingerprint density at radius 3 is 2.44 bits per heavy atom. The maximum atomic E-state index is 4.19. The van der Waals surface area contributed by atoms with Crippen molar-refractivity contribution in [1.82, 2.24) is 10.3 Å². The fourth-order valence-corrected chi connectivity index (χ4v) is 2.58. The highest BCUT2D eigenvalue weighted by molar-refractivity contribution is 5.14. The van der Waals surface area contributed by atoms with Crippen LogP contribution in [0.15, 0.2) is 24.5 Å². The van der Waals surface area contributed by atoms with Crippen molar-refractivity contribution in [3.63, 3.8) is 0 Å². The predicted molar refractivity (Wildman–Crippen MR) is 65.0 cm³/mol. The number of nitrogens with one attached hydrogen (secondary N) is 1. The normalized spacial score (nSPS) is 22.4. The first-order valence-electron chi connectivity index (χ1n) is 6.50. The van der Waals surface area contributed by atoms with Crippen LogP contribution in [0, 0.1) is 11.8 Å². The van der Waals surface area contributed by atoms with Gasteiger partial charge in [-0.3, -0.25) is 4.98 Å². The van der Waals surface area contributed by atoms with Crippen molar-refractivity contribution in [1.29, 1.82) is 0 Å². The van der Waals surface area contributed by atoms with E-state index in [1.54, 1.807) is 0 Å². The highest BCUT2D eigenvalue weighted by Gasteiger charge is 2.41. The van der Waals surface area contributed by atoms with Crippen LogP contribution in [0.2, 0.25) is 0 Å². The van der Waals surface area contributed by atoms with E-state index in [0.29, 0.717) is 6.04 Å². The SMILES string of the molecule is CC(NC(C1CC1)C1CC1)c1cccnc1. The van der Waals surface area contributed by atoms with Crippen LogP contribution >= 0.6 is 0 Å². The van der Waals surface area contributed by atoms with Crippen LogP contribution in [0.1, 0.15) is 44.2 Å². The Bertz CT molecular complexity index is 329. The van der Waals surface area contributed by atoms with Gasteiger partial charge in [-0.1, -0.05) is 6.07 Å². The van der Waals surface area contributed by atoms with Crippen LogP contribution in [0.5, 0.6) is 0 Å². The molecule has 16 heavy (non-hydrogen) atoms. The Labute approximate surface area is 97.5 Å². The molecule has 0 saturated heterocycles. The maximum Gasteiger partial charge on any atom is 0.0315 e. The summed E-state index contributed by atoms with van der Waals surface area (Å²) in [7, 11) is 0. The Balaban J connectivity index is 1.64. The molecule has 1 aromatic rings. The molecule has 1 atom stereocenters. The minimum absolute atomic E-state index is 0.444. The fraction of sp³-hybridized carbons (Fsp3) is 0.643. The number of pyridine rings is 1. The van der Waals surface area contributed by atoms with E-state index < -0.39 is 0 Å². The maximum absolute atomic E-state index is 4.19. The van der Waals surface area contributed by atoms with Crippen molar-refractivity contribution >= 4 is 0 Å². The Morgan fingerprint density at radius 2 is 1.94 bits per heavy atom. The second-order valence-electron chi connectivity index (χ2n) is 5.38. The van der Waals surface area contributed by atoms with Crippen LogP contribution < -0.4 is 5.32 Å². The third-order valence-corrected chi connectivity index (χ3v) is 3.89. The molecule has 2 aliphatic carbocycles. The lowest BCUT2D eigenvalue weighted by Gasteiger charge is -2.23. The number of rotatable bonds is 5. The third-order valence-electron chi connectivity index (χ3n) is 3.89. The first kappa shape index (κ1) is 10.3. The molecule has 2 nitrogen and oxygen atoms in total. The van der Waals surface area contributed by atoms with Gasteiger partial charge in [0.15, 0.2) is 0 Å². The van der Waals surface area contributed by atoms with E-state index in [0.717, 1.165) is 17.9 Å². The molecule has 2 fully saturated rings. The molecular formula is C14H20N2. The molecule has 1 heterocycles. The predicted octanol–water partition coefficient (Wildman–Crippen LogP) is 2.92. The molecule has 2 aliphatic rings. The molecule has 0 radical (unpaired) electrons. The molecule has 86 valence electrons. The first-order valence-corrected chi connectivity index (χ1v) is 6.50. The van der Waals surface area contributed by atoms with E-state index >= 15 is 0 Å². The van der Waals surface area contributed by atoms with Gasteiger partial charge in [0.1, 0.15) is 0 Å². The zero-order valence-electron chi connectivity index (χ0n) is 9.89. The quantitative estimate of drug-likeness (QED) is 0.818. The van der Waals surface area contributed by atoms with Crippen LogP contribution in [0.4, 0.5) is 0 Å². The second kappa shape index (κ2) is 4.17. The van der Waals surface area contributed by atoms with Gasteiger partial charge in [0.25, 0.3) is 0 Å². The van der Waals surface area contributed by atoms with Crippen molar-refractivity contribution in [2.24, 2.45) is 11.8 Å². The molecule has 1 N–H and O–H groups in total. The summed E-state index contributed by atoms with van der Waals surface area (Å²) in [4.78, 5) is 4.19. The van der Waals surface area contributed by atoms with E-state index in [1.807, 2.05) is 18.5 Å². The summed E-state index contributed by atoms with van der Waals surface area (Å²) in [6.45, 7) is 2.26. The van der Waals surface area contributed by atoms with Crippen molar-refractivity contribution in [2.45, 2.75) is 44.7 Å². The molecule has 1 aromatic heterocycles. The highest BCUT2D eigenvalue weighted by Crippen LogP contribution is 2.45. The topological polar surface area (TPSA) is 24.9 Å². The van der Waals surface area contributed by atoms with Crippen LogP contribution in [0.3, 0.4) is 0 Å². The minimum atomic E-state index is 0.444. The largest absolute Gasteiger partial charge is 0.307 e. The van der Waals surface area contributed by atoms with Gasteiger partial charge in [0, 0.05) is 24.5 Å². The average molecular weight is 216 g/mol. The first-order chi connectivity index (χ1) is 7.84. The summed E-state index contributed by atoms with van der Waals surface area (Å²) in [5, 5.41) is 3.82. The number of aromatic nitrogens is 1. The number of hydrogen-bond acceptors (Lipinski definition) is 2. The van der Waals surface area contributed by atoms with E-state index in [-0.39, 0.29) is 0 Å². The second-order valence-corrected chi connectivity index (χ2v) is 5.38. The molecule has 0 aliphatic heterocycles. The van der Waals surface area contributed by atoms with Gasteiger partial charge in [-0.05, 0) is 56.1 Å². The molecule has 1 unspecified atom stereocenters. The van der Waals surface area contributed by atoms with Gasteiger partial charge in [0.2, 0.25) is 0 Å². The summed E-state index contributed by atoms with van der Waals surface area (Å²) in [5.74, 6) is 1.93. The standard InChI is InChI=1S/C14H20N2/c1-10(13-3-2-8-15-9-13)16-14(11-4-5-11)12-6-7-12/h2-3,8-12,14,16H,4-7H2,1H3. The lowest BCUT2D eigenvalue weighted by Crippen LogP contribution is -2.35. The summed E-state index contributed by atoms with van der Waals surface area (Å²) in [6.07, 6.45) is 9.58. The van der Waals surface area contributed by atoms with Crippen LogP contribution in [-0.4, -0.2) is 11.0 Å². The molecular weight excluding hydrogens is 196 g/mol. The third kappa shape index (κ3) is 2.27. The average Bonchev–Trinajstić information content (AvgIpc) is 3.19. The van der Waals surface area contributed by atoms with Gasteiger partial charge in [0.05, 0.1) is 0 Å². The van der Waals surface area contributed by atoms with E-state index in [4.69, 9.17) is 0 Å². The molecule has 0 spiro atoms. The Morgan fingerprint density at radius 1 is 1.25 bits per heavy atom. The van der Waals surface area contributed by atoms with Gasteiger partial charge in [-0.15, -0.1) is 0 Å². The number of nitrogens with zero attached hydrogens (tertiary/aromatic N) is 1. The van der Waals surface area contributed by atoms with Crippen molar-refractivity contribution in [3.05, 3.63) is 30.1 Å². The lowest BCUT2D eigenvalue weighted by molar-refractivity contribution is 0.377. The monoisotopic (exact) mass is 216 g/mol. The van der Waals surface area contributed by atoms with Crippen molar-refractivity contribution in [2.75, 3.05) is 0 Å². The van der Waals surface area contributed by atoms with Crippen molar-refractivity contribution in [3.8, 4) is 0 Å². The molecule has 3 rings (SSSR count). The Kier molecular flexibility index (Phi) is 2.68. The number of hydrogen-bond donors (Lipinski definition) is 1. The van der Waals surface area contributed by atoms with E-state index in [9.17, 15) is 0 Å². The zero-order valence-corrected chi connectivity index (χ0v) is 9.89. The smallest absolute Gasteiger partial charge is 0.0315 e. The summed E-state index contributed by atoms with van der Waals surface area (Å²) < 4.78 is 0. The fourth-order valence-electron chi connectivity index (χ4n) is 2.58. The molecule has 0 amide bonds. The van der Waals surface area contributed by atoms with Gasteiger partial charge < -0.3 is 5.32 Å². The summed E-state index contributed by atoms with van der Waals surface area (Å²) >= 11 is 0. The van der Waals surface area contributed by atoms with Crippen molar-refractivity contribution < 1.29 is 0 Å². The van der Waals surface area contributed by atoms with Gasteiger partial charge in [-0.25, -0.2) is 0 Å².